The minimum absolute atomic E-state index is 0.545. The second-order valence-corrected chi connectivity index (χ2v) is 3.99. The summed E-state index contributed by atoms with van der Waals surface area (Å²) in [5.74, 6) is 0. The zero-order valence-corrected chi connectivity index (χ0v) is 9.16. The van der Waals surface area contributed by atoms with E-state index in [0.717, 1.165) is 7.14 Å². The minimum atomic E-state index is 0.545. The standard InChI is InChI=1S/C6H3I2NO/c7-4-2-1-3-5(8)6(4)9-10/h1-3H. The normalized spacial score (nSPS) is 9.40. The van der Waals surface area contributed by atoms with Crippen LogP contribution >= 0.6 is 45.2 Å². The molecular formula is C6H3I2NO. The number of hydrogen-bond donors (Lipinski definition) is 0. The van der Waals surface area contributed by atoms with Gasteiger partial charge in [-0.2, -0.15) is 0 Å². The van der Waals surface area contributed by atoms with Crippen molar-refractivity contribution in [2.75, 3.05) is 0 Å². The maximum Gasteiger partial charge on any atom is 0.134 e. The van der Waals surface area contributed by atoms with Crippen molar-refractivity contribution in [2.45, 2.75) is 0 Å². The van der Waals surface area contributed by atoms with Crippen LogP contribution in [0.25, 0.3) is 0 Å². The Morgan fingerprint density at radius 2 is 1.70 bits per heavy atom. The number of nitroso groups, excluding NO2 is 1. The Bertz CT molecular complexity index is 242. The summed E-state index contributed by atoms with van der Waals surface area (Å²) in [7, 11) is 0. The molecule has 0 N–H and O–H groups in total. The Labute approximate surface area is 85.6 Å². The van der Waals surface area contributed by atoms with Gasteiger partial charge >= 0.3 is 0 Å². The predicted molar refractivity (Wildman–Crippen MR) is 57.3 cm³/mol. The van der Waals surface area contributed by atoms with Crippen LogP contribution in [0.4, 0.5) is 5.69 Å². The van der Waals surface area contributed by atoms with Crippen molar-refractivity contribution >= 4 is 50.9 Å². The molecule has 0 unspecified atom stereocenters. The second-order valence-electron chi connectivity index (χ2n) is 1.66. The first kappa shape index (κ1) is 8.38. The summed E-state index contributed by atoms with van der Waals surface area (Å²) in [5.41, 5.74) is 0.545. The quantitative estimate of drug-likeness (QED) is 0.559. The third-order valence-corrected chi connectivity index (χ3v) is 2.77. The maximum atomic E-state index is 10.2. The average Bonchev–Trinajstić information content (AvgIpc) is 1.88. The Balaban J connectivity index is 3.30. The molecule has 0 aliphatic rings. The summed E-state index contributed by atoms with van der Waals surface area (Å²) in [6, 6.07) is 5.62. The number of halogens is 2. The first-order valence-corrected chi connectivity index (χ1v) is 4.69. The van der Waals surface area contributed by atoms with E-state index < -0.39 is 0 Å². The van der Waals surface area contributed by atoms with Crippen LogP contribution in [0.5, 0.6) is 0 Å². The van der Waals surface area contributed by atoms with Crippen molar-refractivity contribution in [3.8, 4) is 0 Å². The van der Waals surface area contributed by atoms with Gasteiger partial charge in [-0.25, -0.2) is 0 Å². The van der Waals surface area contributed by atoms with Crippen LogP contribution in [0.15, 0.2) is 23.4 Å². The highest BCUT2D eigenvalue weighted by molar-refractivity contribution is 14.1. The molecule has 2 nitrogen and oxygen atoms in total. The van der Waals surface area contributed by atoms with Gasteiger partial charge in [-0.05, 0) is 62.5 Å². The van der Waals surface area contributed by atoms with Gasteiger partial charge in [-0.3, -0.25) is 0 Å². The van der Waals surface area contributed by atoms with Crippen molar-refractivity contribution in [3.63, 3.8) is 0 Å². The molecule has 0 saturated heterocycles. The topological polar surface area (TPSA) is 29.4 Å². The molecule has 1 aromatic rings. The SMILES string of the molecule is O=Nc1c(I)cccc1I. The van der Waals surface area contributed by atoms with Gasteiger partial charge in [0.1, 0.15) is 5.69 Å². The molecule has 0 saturated carbocycles. The van der Waals surface area contributed by atoms with Crippen molar-refractivity contribution in [3.05, 3.63) is 30.2 Å². The molecule has 0 spiro atoms. The van der Waals surface area contributed by atoms with Crippen molar-refractivity contribution in [1.29, 1.82) is 0 Å². The van der Waals surface area contributed by atoms with Gasteiger partial charge in [0.15, 0.2) is 0 Å². The molecular weight excluding hydrogens is 356 g/mol. The average molecular weight is 359 g/mol. The van der Waals surface area contributed by atoms with Gasteiger partial charge in [-0.15, -0.1) is 4.91 Å². The van der Waals surface area contributed by atoms with E-state index in [-0.39, 0.29) is 0 Å². The van der Waals surface area contributed by atoms with E-state index in [2.05, 4.69) is 50.4 Å². The number of rotatable bonds is 1. The van der Waals surface area contributed by atoms with E-state index >= 15 is 0 Å². The van der Waals surface area contributed by atoms with E-state index in [4.69, 9.17) is 0 Å². The van der Waals surface area contributed by atoms with Crippen LogP contribution in [-0.2, 0) is 0 Å². The largest absolute Gasteiger partial charge is 0.145 e. The Morgan fingerprint density at radius 3 is 2.00 bits per heavy atom. The van der Waals surface area contributed by atoms with Gasteiger partial charge in [-0.1, -0.05) is 6.07 Å². The first-order valence-electron chi connectivity index (χ1n) is 2.53. The van der Waals surface area contributed by atoms with Crippen LogP contribution in [0, 0.1) is 12.0 Å². The summed E-state index contributed by atoms with van der Waals surface area (Å²) >= 11 is 4.17. The van der Waals surface area contributed by atoms with Crippen LogP contribution in [0.1, 0.15) is 0 Å². The molecule has 0 fully saturated rings. The molecule has 0 aliphatic carbocycles. The minimum Gasteiger partial charge on any atom is -0.145 e. The van der Waals surface area contributed by atoms with Crippen LogP contribution in [-0.4, -0.2) is 0 Å². The summed E-state index contributed by atoms with van der Waals surface area (Å²) in [6.45, 7) is 0. The van der Waals surface area contributed by atoms with E-state index in [1.165, 1.54) is 0 Å². The summed E-state index contributed by atoms with van der Waals surface area (Å²) in [4.78, 5) is 10.2. The molecule has 10 heavy (non-hydrogen) atoms. The molecule has 1 rings (SSSR count). The number of nitrogens with zero attached hydrogens (tertiary/aromatic N) is 1. The fourth-order valence-electron chi connectivity index (χ4n) is 0.576. The Hall–Kier alpha value is 0.280. The third kappa shape index (κ3) is 1.66. The van der Waals surface area contributed by atoms with E-state index in [1.807, 2.05) is 18.2 Å². The van der Waals surface area contributed by atoms with Gasteiger partial charge in [0.25, 0.3) is 0 Å². The Morgan fingerprint density at radius 1 is 1.20 bits per heavy atom. The highest BCUT2D eigenvalue weighted by Gasteiger charge is 2.02. The van der Waals surface area contributed by atoms with Gasteiger partial charge in [0, 0.05) is 7.14 Å². The molecule has 0 aliphatic heterocycles. The highest BCUT2D eigenvalue weighted by Crippen LogP contribution is 2.26. The van der Waals surface area contributed by atoms with Gasteiger partial charge < -0.3 is 0 Å². The zero-order valence-electron chi connectivity index (χ0n) is 4.84. The van der Waals surface area contributed by atoms with Gasteiger partial charge in [0.2, 0.25) is 0 Å². The molecule has 0 amide bonds. The summed E-state index contributed by atoms with van der Waals surface area (Å²) in [6.07, 6.45) is 0. The third-order valence-electron chi connectivity index (χ3n) is 1.03. The second kappa shape index (κ2) is 3.61. The first-order chi connectivity index (χ1) is 4.75. The molecule has 0 radical (unpaired) electrons. The lowest BCUT2D eigenvalue weighted by Crippen LogP contribution is -1.75. The molecule has 1 aromatic carbocycles. The van der Waals surface area contributed by atoms with Crippen LogP contribution < -0.4 is 0 Å². The zero-order chi connectivity index (χ0) is 7.56. The summed E-state index contributed by atoms with van der Waals surface area (Å²) < 4.78 is 1.80. The monoisotopic (exact) mass is 359 g/mol. The summed E-state index contributed by atoms with van der Waals surface area (Å²) in [5, 5.41) is 2.90. The molecule has 0 aromatic heterocycles. The number of hydrogen-bond acceptors (Lipinski definition) is 2. The maximum absolute atomic E-state index is 10.2. The Kier molecular flexibility index (Phi) is 3.02. The molecule has 0 bridgehead atoms. The molecule has 4 heteroatoms. The number of benzene rings is 1. The lowest BCUT2D eigenvalue weighted by atomic mass is 10.3. The molecule has 0 atom stereocenters. The lowest BCUT2D eigenvalue weighted by Gasteiger charge is -1.95. The van der Waals surface area contributed by atoms with Crippen molar-refractivity contribution in [2.24, 2.45) is 5.18 Å². The fourth-order valence-corrected chi connectivity index (χ4v) is 2.29. The van der Waals surface area contributed by atoms with Crippen LogP contribution in [0.2, 0.25) is 0 Å². The smallest absolute Gasteiger partial charge is 0.134 e. The fraction of sp³-hybridized carbons (Fsp3) is 0. The molecule has 0 heterocycles. The van der Waals surface area contributed by atoms with Crippen LogP contribution in [0.3, 0.4) is 0 Å². The predicted octanol–water partition coefficient (Wildman–Crippen LogP) is 3.29. The van der Waals surface area contributed by atoms with Crippen molar-refractivity contribution in [1.82, 2.24) is 0 Å². The van der Waals surface area contributed by atoms with E-state index in [1.54, 1.807) is 0 Å². The lowest BCUT2D eigenvalue weighted by molar-refractivity contribution is 1.43. The molecule has 52 valence electrons. The highest BCUT2D eigenvalue weighted by atomic mass is 127. The van der Waals surface area contributed by atoms with E-state index in [9.17, 15) is 4.91 Å². The van der Waals surface area contributed by atoms with Gasteiger partial charge in [0.05, 0.1) is 0 Å². The van der Waals surface area contributed by atoms with E-state index in [0.29, 0.717) is 5.69 Å². The van der Waals surface area contributed by atoms with Crippen molar-refractivity contribution < 1.29 is 0 Å².